The van der Waals surface area contributed by atoms with Gasteiger partial charge in [-0.15, -0.1) is 0 Å². The average molecular weight is 325 g/mol. The molecule has 0 radical (unpaired) electrons. The van der Waals surface area contributed by atoms with Crippen LogP contribution in [0.2, 0.25) is 10.0 Å². The molecule has 0 heterocycles. The maximum atomic E-state index is 11.7. The topological polar surface area (TPSA) is 35.5 Å². The number of hydrogen-bond donors (Lipinski definition) is 0. The summed E-state index contributed by atoms with van der Waals surface area (Å²) < 4.78 is 10.5. The zero-order chi connectivity index (χ0) is 15.2. The van der Waals surface area contributed by atoms with E-state index < -0.39 is 5.97 Å². The zero-order valence-electron chi connectivity index (χ0n) is 11.4. The van der Waals surface area contributed by atoms with Gasteiger partial charge in [-0.2, -0.15) is 0 Å². The first-order valence-corrected chi connectivity index (χ1v) is 7.20. The lowest BCUT2D eigenvalue weighted by molar-refractivity contribution is 0.0526. The van der Waals surface area contributed by atoms with Crippen molar-refractivity contribution in [2.75, 3.05) is 6.61 Å². The number of rotatable bonds is 5. The fourth-order valence-corrected chi connectivity index (χ4v) is 2.19. The first-order chi connectivity index (χ1) is 10.1. The van der Waals surface area contributed by atoms with E-state index in [-0.39, 0.29) is 17.2 Å². The molecule has 110 valence electrons. The first kappa shape index (κ1) is 15.7. The van der Waals surface area contributed by atoms with Crippen LogP contribution < -0.4 is 4.74 Å². The van der Waals surface area contributed by atoms with Crippen LogP contribution in [0.3, 0.4) is 0 Å². The van der Waals surface area contributed by atoms with E-state index in [1.807, 2.05) is 30.3 Å². The Balaban J connectivity index is 2.14. The quantitative estimate of drug-likeness (QED) is 0.744. The molecule has 21 heavy (non-hydrogen) atoms. The fourth-order valence-electron chi connectivity index (χ4n) is 1.74. The fraction of sp³-hybridized carbons (Fsp3) is 0.188. The molecule has 0 aliphatic carbocycles. The minimum atomic E-state index is -0.501. The Bertz CT molecular complexity index is 627. The summed E-state index contributed by atoms with van der Waals surface area (Å²) in [7, 11) is 0. The van der Waals surface area contributed by atoms with Gasteiger partial charge in [0.2, 0.25) is 0 Å². The Labute approximate surface area is 133 Å². The third kappa shape index (κ3) is 4.13. The van der Waals surface area contributed by atoms with E-state index >= 15 is 0 Å². The van der Waals surface area contributed by atoms with Gasteiger partial charge in [-0.25, -0.2) is 4.79 Å². The normalized spacial score (nSPS) is 10.2. The molecule has 2 aromatic carbocycles. The van der Waals surface area contributed by atoms with Gasteiger partial charge in [-0.3, -0.25) is 0 Å². The molecule has 0 fully saturated rings. The van der Waals surface area contributed by atoms with Crippen molar-refractivity contribution in [2.24, 2.45) is 0 Å². The highest BCUT2D eigenvalue weighted by Crippen LogP contribution is 2.32. The largest absolute Gasteiger partial charge is 0.487 e. The van der Waals surface area contributed by atoms with Crippen LogP contribution in [0.5, 0.6) is 5.75 Å². The van der Waals surface area contributed by atoms with Gasteiger partial charge in [-0.05, 0) is 18.6 Å². The highest BCUT2D eigenvalue weighted by atomic mass is 35.5. The SMILES string of the molecule is CCOC(=O)c1cc(Cl)c(OCc2ccccc2)cc1Cl. The van der Waals surface area contributed by atoms with Gasteiger partial charge in [0.05, 0.1) is 22.2 Å². The van der Waals surface area contributed by atoms with E-state index in [0.717, 1.165) is 5.56 Å². The summed E-state index contributed by atoms with van der Waals surface area (Å²) in [6.07, 6.45) is 0. The van der Waals surface area contributed by atoms with Gasteiger partial charge in [0.1, 0.15) is 12.4 Å². The van der Waals surface area contributed by atoms with Crippen molar-refractivity contribution in [3.8, 4) is 5.75 Å². The first-order valence-electron chi connectivity index (χ1n) is 6.44. The van der Waals surface area contributed by atoms with E-state index in [1.54, 1.807) is 6.92 Å². The molecule has 0 aliphatic heterocycles. The molecule has 0 atom stereocenters. The van der Waals surface area contributed by atoms with Crippen molar-refractivity contribution >= 4 is 29.2 Å². The smallest absolute Gasteiger partial charge is 0.339 e. The summed E-state index contributed by atoms with van der Waals surface area (Å²) in [4.78, 5) is 11.7. The van der Waals surface area contributed by atoms with Crippen molar-refractivity contribution in [3.63, 3.8) is 0 Å². The highest BCUT2D eigenvalue weighted by molar-refractivity contribution is 6.36. The molecule has 2 rings (SSSR count). The number of esters is 1. The summed E-state index contributed by atoms with van der Waals surface area (Å²) in [6.45, 7) is 2.37. The number of hydrogen-bond acceptors (Lipinski definition) is 3. The standard InChI is InChI=1S/C16H14Cl2O3/c1-2-20-16(19)12-8-14(18)15(9-13(12)17)21-10-11-6-4-3-5-7-11/h3-9H,2,10H2,1H3. The predicted molar refractivity (Wildman–Crippen MR) is 83.2 cm³/mol. The molecule has 0 bridgehead atoms. The number of benzene rings is 2. The molecule has 0 saturated carbocycles. The van der Waals surface area contributed by atoms with Crippen molar-refractivity contribution in [1.82, 2.24) is 0 Å². The molecule has 0 spiro atoms. The maximum absolute atomic E-state index is 11.7. The van der Waals surface area contributed by atoms with E-state index in [4.69, 9.17) is 32.7 Å². The maximum Gasteiger partial charge on any atom is 0.339 e. The van der Waals surface area contributed by atoms with E-state index in [1.165, 1.54) is 12.1 Å². The van der Waals surface area contributed by atoms with Crippen LogP contribution in [0.1, 0.15) is 22.8 Å². The zero-order valence-corrected chi connectivity index (χ0v) is 12.9. The number of halogens is 2. The Morgan fingerprint density at radius 2 is 1.81 bits per heavy atom. The minimum absolute atomic E-state index is 0.232. The lowest BCUT2D eigenvalue weighted by Crippen LogP contribution is -2.06. The lowest BCUT2D eigenvalue weighted by Gasteiger charge is -2.11. The van der Waals surface area contributed by atoms with Crippen LogP contribution in [0.15, 0.2) is 42.5 Å². The molecule has 2 aromatic rings. The number of carbonyl (C=O) groups excluding carboxylic acids is 1. The summed E-state index contributed by atoms with van der Waals surface area (Å²) in [5.74, 6) is -0.0717. The second kappa shape index (κ2) is 7.34. The van der Waals surface area contributed by atoms with Crippen molar-refractivity contribution in [2.45, 2.75) is 13.5 Å². The molecule has 0 saturated heterocycles. The second-order valence-corrected chi connectivity index (χ2v) is 5.07. The molecular weight excluding hydrogens is 311 g/mol. The van der Waals surface area contributed by atoms with E-state index in [0.29, 0.717) is 17.4 Å². The predicted octanol–water partition coefficient (Wildman–Crippen LogP) is 4.75. The molecule has 5 heteroatoms. The average Bonchev–Trinajstić information content (AvgIpc) is 2.49. The van der Waals surface area contributed by atoms with Crippen molar-refractivity contribution < 1.29 is 14.3 Å². The molecule has 0 N–H and O–H groups in total. The van der Waals surface area contributed by atoms with Crippen LogP contribution in [0.25, 0.3) is 0 Å². The molecule has 0 aromatic heterocycles. The molecule has 0 amide bonds. The number of ether oxygens (including phenoxy) is 2. The van der Waals surface area contributed by atoms with E-state index in [2.05, 4.69) is 0 Å². The second-order valence-electron chi connectivity index (χ2n) is 4.26. The third-order valence-corrected chi connectivity index (χ3v) is 3.36. The van der Waals surface area contributed by atoms with Crippen molar-refractivity contribution in [3.05, 3.63) is 63.6 Å². The van der Waals surface area contributed by atoms with Gasteiger partial charge in [0, 0.05) is 6.07 Å². The van der Waals surface area contributed by atoms with Crippen molar-refractivity contribution in [1.29, 1.82) is 0 Å². The summed E-state index contributed by atoms with van der Waals surface area (Å²) in [5, 5.41) is 0.569. The lowest BCUT2D eigenvalue weighted by atomic mass is 10.2. The molecule has 3 nitrogen and oxygen atoms in total. The Morgan fingerprint density at radius 3 is 2.48 bits per heavy atom. The molecule has 0 unspecified atom stereocenters. The summed E-state index contributed by atoms with van der Waals surface area (Å²) >= 11 is 12.2. The molecular formula is C16H14Cl2O3. The van der Waals surface area contributed by atoms with Gasteiger partial charge in [-0.1, -0.05) is 53.5 Å². The van der Waals surface area contributed by atoms with Crippen LogP contribution in [-0.4, -0.2) is 12.6 Å². The highest BCUT2D eigenvalue weighted by Gasteiger charge is 2.15. The van der Waals surface area contributed by atoms with Crippen LogP contribution >= 0.6 is 23.2 Å². The van der Waals surface area contributed by atoms with Gasteiger partial charge < -0.3 is 9.47 Å². The Kier molecular flexibility index (Phi) is 5.48. The van der Waals surface area contributed by atoms with Crippen LogP contribution in [0.4, 0.5) is 0 Å². The van der Waals surface area contributed by atoms with Crippen LogP contribution in [0, 0.1) is 0 Å². The Hall–Kier alpha value is -1.71. The van der Waals surface area contributed by atoms with Crippen LogP contribution in [-0.2, 0) is 11.3 Å². The Morgan fingerprint density at radius 1 is 1.10 bits per heavy atom. The van der Waals surface area contributed by atoms with Gasteiger partial charge >= 0.3 is 5.97 Å². The van der Waals surface area contributed by atoms with Gasteiger partial charge in [0.25, 0.3) is 0 Å². The minimum Gasteiger partial charge on any atom is -0.487 e. The van der Waals surface area contributed by atoms with E-state index in [9.17, 15) is 4.79 Å². The molecule has 0 aliphatic rings. The summed E-state index contributed by atoms with van der Waals surface area (Å²) in [5.41, 5.74) is 1.25. The third-order valence-electron chi connectivity index (χ3n) is 2.75. The summed E-state index contributed by atoms with van der Waals surface area (Å²) in [6, 6.07) is 12.7. The number of carbonyl (C=O) groups is 1. The van der Waals surface area contributed by atoms with Gasteiger partial charge in [0.15, 0.2) is 0 Å². The monoisotopic (exact) mass is 324 g/mol.